The molecule has 39 heavy (non-hydrogen) atoms. The first-order chi connectivity index (χ1) is 19.0. The molecule has 194 valence electrons. The molecule has 2 heterocycles. The molecule has 0 saturated carbocycles. The second kappa shape index (κ2) is 11.0. The first-order valence-corrected chi connectivity index (χ1v) is 14.0. The zero-order valence-electron chi connectivity index (χ0n) is 21.8. The van der Waals surface area contributed by atoms with Crippen LogP contribution in [0.5, 0.6) is 0 Å². The highest BCUT2D eigenvalue weighted by atomic mass is 79.9. The minimum Gasteiger partial charge on any atom is -0.366 e. The van der Waals surface area contributed by atoms with Crippen molar-refractivity contribution in [3.05, 3.63) is 130 Å². The van der Waals surface area contributed by atoms with Crippen molar-refractivity contribution in [1.82, 2.24) is 14.6 Å². The number of nitrogens with zero attached hydrogens (tertiary/aromatic N) is 3. The van der Waals surface area contributed by atoms with Gasteiger partial charge in [0, 0.05) is 36.9 Å². The number of hydrogen-bond donors (Lipinski definition) is 1. The van der Waals surface area contributed by atoms with Crippen LogP contribution in [0.25, 0.3) is 16.9 Å². The summed E-state index contributed by atoms with van der Waals surface area (Å²) < 4.78 is 2.67. The minimum absolute atomic E-state index is 0.184. The van der Waals surface area contributed by atoms with E-state index in [1.165, 1.54) is 16.7 Å². The Labute approximate surface area is 236 Å². The maximum atomic E-state index is 12.8. The monoisotopic (exact) mass is 576 g/mol. The largest absolute Gasteiger partial charge is 0.366 e. The van der Waals surface area contributed by atoms with Gasteiger partial charge in [0.2, 0.25) is 0 Å². The first-order valence-electron chi connectivity index (χ1n) is 13.2. The van der Waals surface area contributed by atoms with Crippen molar-refractivity contribution in [3.8, 4) is 11.3 Å². The Hall–Kier alpha value is -4.03. The molecule has 1 N–H and O–H groups in total. The average Bonchev–Trinajstić information content (AvgIpc) is 3.33. The van der Waals surface area contributed by atoms with E-state index in [0.29, 0.717) is 19.4 Å². The van der Waals surface area contributed by atoms with Crippen molar-refractivity contribution in [1.29, 1.82) is 0 Å². The fourth-order valence-corrected chi connectivity index (χ4v) is 5.53. The molecule has 0 spiro atoms. The van der Waals surface area contributed by atoms with E-state index in [2.05, 4.69) is 106 Å². The maximum Gasteiger partial charge on any atom is 0.172 e. The molecule has 1 atom stereocenters. The van der Waals surface area contributed by atoms with Crippen LogP contribution in [0.2, 0.25) is 0 Å². The van der Waals surface area contributed by atoms with E-state index in [0.717, 1.165) is 44.7 Å². The summed E-state index contributed by atoms with van der Waals surface area (Å²) in [5.41, 5.74) is 8.70. The van der Waals surface area contributed by atoms with Crippen molar-refractivity contribution in [2.24, 2.45) is 5.92 Å². The number of fused-ring (bicyclic) bond motifs is 2. The molecule has 2 aliphatic rings. The van der Waals surface area contributed by atoms with Gasteiger partial charge < -0.3 is 5.32 Å². The molecule has 2 aliphatic carbocycles. The number of benzene rings is 2. The first kappa shape index (κ1) is 25.3. The predicted molar refractivity (Wildman–Crippen MR) is 161 cm³/mol. The highest BCUT2D eigenvalue weighted by Gasteiger charge is 2.17. The number of anilines is 1. The van der Waals surface area contributed by atoms with E-state index in [4.69, 9.17) is 4.98 Å². The van der Waals surface area contributed by atoms with Gasteiger partial charge in [-0.05, 0) is 57.1 Å². The van der Waals surface area contributed by atoms with E-state index < -0.39 is 0 Å². The maximum absolute atomic E-state index is 12.8. The number of ketones is 1. The molecule has 0 saturated heterocycles. The smallest absolute Gasteiger partial charge is 0.172 e. The standard InChI is InChI=1S/C33H29BrN4O/c1-22-6-2-5-9-29(22)31-19-32(38-33(37-31)30(34)21-36-38)35-20-24-12-10-23(11-13-24)17-28(39)18-25-14-15-26-7-3-4-8-27(26)16-25/h2-7,9-16,19,21,25,35H,8,17-18,20H2,1H3/t25-/m1/s1. The summed E-state index contributed by atoms with van der Waals surface area (Å²) in [5.74, 6) is 1.31. The van der Waals surface area contributed by atoms with E-state index >= 15 is 0 Å². The Bertz CT molecular complexity index is 1670. The van der Waals surface area contributed by atoms with Crippen molar-refractivity contribution in [2.45, 2.75) is 32.7 Å². The number of carbonyl (C=O) groups is 1. The Morgan fingerprint density at radius 2 is 1.95 bits per heavy atom. The number of nitrogens with one attached hydrogen (secondary N) is 1. The van der Waals surface area contributed by atoms with E-state index in [1.807, 2.05) is 22.7 Å². The molecule has 6 rings (SSSR count). The molecule has 0 aliphatic heterocycles. The topological polar surface area (TPSA) is 59.3 Å². The van der Waals surface area contributed by atoms with Crippen LogP contribution >= 0.6 is 15.9 Å². The summed E-state index contributed by atoms with van der Waals surface area (Å²) in [4.78, 5) is 17.7. The number of hydrogen-bond acceptors (Lipinski definition) is 4. The summed E-state index contributed by atoms with van der Waals surface area (Å²) in [5, 5.41) is 8.03. The molecule has 4 aromatic rings. The van der Waals surface area contributed by atoms with Crippen LogP contribution in [0.3, 0.4) is 0 Å². The van der Waals surface area contributed by atoms with Crippen molar-refractivity contribution < 1.29 is 4.79 Å². The Morgan fingerprint density at radius 3 is 2.79 bits per heavy atom. The summed E-state index contributed by atoms with van der Waals surface area (Å²) in [6.07, 6.45) is 16.7. The summed E-state index contributed by atoms with van der Waals surface area (Å²) in [7, 11) is 0. The van der Waals surface area contributed by atoms with Gasteiger partial charge in [-0.1, -0.05) is 85.0 Å². The Balaban J connectivity index is 1.11. The van der Waals surface area contributed by atoms with E-state index in [9.17, 15) is 4.79 Å². The van der Waals surface area contributed by atoms with Gasteiger partial charge in [-0.3, -0.25) is 4.79 Å². The molecule has 0 radical (unpaired) electrons. The number of aryl methyl sites for hydroxylation is 1. The Morgan fingerprint density at radius 1 is 1.13 bits per heavy atom. The second-order valence-corrected chi connectivity index (χ2v) is 11.0. The molecule has 0 fully saturated rings. The van der Waals surface area contributed by atoms with Crippen LogP contribution in [-0.4, -0.2) is 20.4 Å². The van der Waals surface area contributed by atoms with Gasteiger partial charge in [-0.15, -0.1) is 0 Å². The lowest BCUT2D eigenvalue weighted by Crippen LogP contribution is -2.11. The summed E-state index contributed by atoms with van der Waals surface area (Å²) >= 11 is 3.58. The van der Waals surface area contributed by atoms with E-state index in [-0.39, 0.29) is 11.7 Å². The molecular formula is C33H29BrN4O. The summed E-state index contributed by atoms with van der Waals surface area (Å²) in [6.45, 7) is 2.72. The highest BCUT2D eigenvalue weighted by Crippen LogP contribution is 2.30. The van der Waals surface area contributed by atoms with Crippen molar-refractivity contribution in [3.63, 3.8) is 0 Å². The number of carbonyl (C=O) groups excluding carboxylic acids is 1. The van der Waals surface area contributed by atoms with Crippen LogP contribution in [0.15, 0.2) is 113 Å². The van der Waals surface area contributed by atoms with Crippen LogP contribution in [0.1, 0.15) is 29.5 Å². The molecular weight excluding hydrogens is 548 g/mol. The predicted octanol–water partition coefficient (Wildman–Crippen LogP) is 7.58. The third-order valence-corrected chi connectivity index (χ3v) is 7.83. The molecule has 5 nitrogen and oxygen atoms in total. The molecule has 2 aromatic carbocycles. The van der Waals surface area contributed by atoms with Crippen molar-refractivity contribution >= 4 is 33.2 Å². The molecule has 6 heteroatoms. The van der Waals surface area contributed by atoms with Gasteiger partial charge in [0.15, 0.2) is 5.65 Å². The SMILES string of the molecule is Cc1ccccc1-c1cc(NCc2ccc(CC(=O)C[C@@H]3C=CC4=CC=CCC4=C3)cc2)n2ncc(Br)c2n1. The Kier molecular flexibility index (Phi) is 7.12. The molecule has 0 amide bonds. The quantitative estimate of drug-likeness (QED) is 0.235. The third-order valence-electron chi connectivity index (χ3n) is 7.27. The van der Waals surface area contributed by atoms with Crippen LogP contribution in [0, 0.1) is 12.8 Å². The third kappa shape index (κ3) is 5.57. The second-order valence-electron chi connectivity index (χ2n) is 10.1. The van der Waals surface area contributed by atoms with Gasteiger partial charge in [0.25, 0.3) is 0 Å². The number of rotatable bonds is 8. The normalized spacial score (nSPS) is 16.1. The highest BCUT2D eigenvalue weighted by molar-refractivity contribution is 9.10. The van der Waals surface area contributed by atoms with Gasteiger partial charge in [0.1, 0.15) is 11.6 Å². The number of halogens is 1. The summed E-state index contributed by atoms with van der Waals surface area (Å²) in [6, 6.07) is 18.6. The number of aromatic nitrogens is 3. The molecule has 0 unspecified atom stereocenters. The fraction of sp³-hybridized carbons (Fsp3) is 0.182. The lowest BCUT2D eigenvalue weighted by molar-refractivity contribution is -0.118. The van der Waals surface area contributed by atoms with Crippen molar-refractivity contribution in [2.75, 3.05) is 5.32 Å². The number of allylic oxidation sites excluding steroid dienone is 8. The lowest BCUT2D eigenvalue weighted by atomic mass is 9.86. The van der Waals surface area contributed by atoms with Gasteiger partial charge in [-0.2, -0.15) is 9.61 Å². The van der Waals surface area contributed by atoms with Gasteiger partial charge in [-0.25, -0.2) is 4.98 Å². The fourth-order valence-electron chi connectivity index (χ4n) is 5.18. The minimum atomic E-state index is 0.184. The molecule has 0 bridgehead atoms. The van der Waals surface area contributed by atoms with Gasteiger partial charge in [0.05, 0.1) is 16.4 Å². The average molecular weight is 578 g/mol. The zero-order valence-corrected chi connectivity index (χ0v) is 23.4. The number of Topliss-reactive ketones (excluding diaryl/α,β-unsaturated/α-hetero) is 1. The van der Waals surface area contributed by atoms with Crippen LogP contribution in [-0.2, 0) is 17.8 Å². The molecule has 2 aromatic heterocycles. The zero-order chi connectivity index (χ0) is 26.8. The van der Waals surface area contributed by atoms with Gasteiger partial charge >= 0.3 is 0 Å². The lowest BCUT2D eigenvalue weighted by Gasteiger charge is -2.19. The van der Waals surface area contributed by atoms with Crippen LogP contribution in [0.4, 0.5) is 5.82 Å². The van der Waals surface area contributed by atoms with Crippen LogP contribution < -0.4 is 5.32 Å². The van der Waals surface area contributed by atoms with E-state index in [1.54, 1.807) is 6.20 Å².